The Labute approximate surface area is 215 Å². The van der Waals surface area contributed by atoms with Gasteiger partial charge >= 0.3 is 0 Å². The van der Waals surface area contributed by atoms with Gasteiger partial charge in [-0.3, -0.25) is 9.59 Å². The fraction of sp³-hybridized carbons (Fsp3) is 0.375. The number of benzene rings is 3. The summed E-state index contributed by atoms with van der Waals surface area (Å²) in [6.07, 6.45) is 5.08. The van der Waals surface area contributed by atoms with Gasteiger partial charge in [-0.05, 0) is 67.0 Å². The molecule has 1 aliphatic rings. The number of carbonyl (C=O) groups excluding carboxylic acids is 2. The van der Waals surface area contributed by atoms with Crippen molar-refractivity contribution in [2.24, 2.45) is 0 Å². The molecule has 4 rings (SSSR count). The number of nitrogens with zero attached hydrogens (tertiary/aromatic N) is 1. The molecule has 1 fully saturated rings. The zero-order valence-corrected chi connectivity index (χ0v) is 21.8. The van der Waals surface area contributed by atoms with Crippen LogP contribution in [0.15, 0.2) is 72.8 Å². The number of rotatable bonds is 9. The summed E-state index contributed by atoms with van der Waals surface area (Å²) in [6.45, 7) is 6.62. The largest absolute Gasteiger partial charge is 0.352 e. The van der Waals surface area contributed by atoms with Gasteiger partial charge in [-0.25, -0.2) is 0 Å². The smallest absolute Gasteiger partial charge is 0.243 e. The van der Waals surface area contributed by atoms with Gasteiger partial charge in [0.2, 0.25) is 11.8 Å². The van der Waals surface area contributed by atoms with Crippen molar-refractivity contribution in [1.29, 1.82) is 0 Å². The maximum Gasteiger partial charge on any atom is 0.243 e. The molecule has 0 aliphatic heterocycles. The first-order valence-electron chi connectivity index (χ1n) is 13.1. The van der Waals surface area contributed by atoms with Gasteiger partial charge in [0, 0.05) is 19.0 Å². The van der Waals surface area contributed by atoms with E-state index in [-0.39, 0.29) is 24.3 Å². The maximum absolute atomic E-state index is 13.9. The van der Waals surface area contributed by atoms with Crippen LogP contribution in [0.1, 0.15) is 59.1 Å². The van der Waals surface area contributed by atoms with Gasteiger partial charge in [0.15, 0.2) is 0 Å². The van der Waals surface area contributed by atoms with E-state index in [0.29, 0.717) is 13.0 Å². The highest BCUT2D eigenvalue weighted by atomic mass is 16.2. The summed E-state index contributed by atoms with van der Waals surface area (Å²) in [6, 6.07) is 24.0. The van der Waals surface area contributed by atoms with E-state index in [0.717, 1.165) is 47.9 Å². The van der Waals surface area contributed by atoms with Gasteiger partial charge < -0.3 is 10.2 Å². The van der Waals surface area contributed by atoms with Crippen LogP contribution in [0, 0.1) is 20.8 Å². The Morgan fingerprint density at radius 2 is 1.53 bits per heavy atom. The SMILES string of the molecule is Cc1ccc(CC(=O)N(Cc2ccccc2C)C(Cc2ccccc2)C(=O)NC2CCCC2)cc1C. The number of aryl methyl sites for hydroxylation is 3. The molecule has 1 atom stereocenters. The molecule has 0 radical (unpaired) electrons. The summed E-state index contributed by atoms with van der Waals surface area (Å²) in [7, 11) is 0. The third kappa shape index (κ3) is 6.63. The van der Waals surface area contributed by atoms with E-state index < -0.39 is 6.04 Å². The van der Waals surface area contributed by atoms with Crippen molar-refractivity contribution in [2.45, 2.75) is 77.9 Å². The van der Waals surface area contributed by atoms with Crippen LogP contribution >= 0.6 is 0 Å². The van der Waals surface area contributed by atoms with E-state index in [1.165, 1.54) is 11.1 Å². The first-order valence-corrected chi connectivity index (χ1v) is 13.1. The molecular formula is C32H38N2O2. The number of nitrogens with one attached hydrogen (secondary N) is 1. The van der Waals surface area contributed by atoms with Crippen LogP contribution in [-0.4, -0.2) is 28.8 Å². The fourth-order valence-electron chi connectivity index (χ4n) is 5.08. The second-order valence-corrected chi connectivity index (χ2v) is 10.2. The van der Waals surface area contributed by atoms with E-state index in [1.807, 2.05) is 53.4 Å². The zero-order chi connectivity index (χ0) is 25.5. The first kappa shape index (κ1) is 25.7. The third-order valence-electron chi connectivity index (χ3n) is 7.50. The van der Waals surface area contributed by atoms with Crippen LogP contribution in [-0.2, 0) is 29.0 Å². The molecule has 2 amide bonds. The summed E-state index contributed by atoms with van der Waals surface area (Å²) < 4.78 is 0. The van der Waals surface area contributed by atoms with Crippen molar-refractivity contribution in [3.05, 3.63) is 106 Å². The van der Waals surface area contributed by atoms with Crippen molar-refractivity contribution in [3.8, 4) is 0 Å². The second-order valence-electron chi connectivity index (χ2n) is 10.2. The molecule has 4 nitrogen and oxygen atoms in total. The Bertz CT molecular complexity index is 1180. The highest BCUT2D eigenvalue weighted by Gasteiger charge is 2.32. The lowest BCUT2D eigenvalue weighted by Crippen LogP contribution is -2.52. The number of hydrogen-bond donors (Lipinski definition) is 1. The summed E-state index contributed by atoms with van der Waals surface area (Å²) in [5, 5.41) is 3.28. The molecule has 1 aliphatic carbocycles. The van der Waals surface area contributed by atoms with Crippen molar-refractivity contribution >= 4 is 11.8 Å². The van der Waals surface area contributed by atoms with Crippen LogP contribution in [0.25, 0.3) is 0 Å². The van der Waals surface area contributed by atoms with E-state index in [2.05, 4.69) is 50.4 Å². The number of hydrogen-bond acceptors (Lipinski definition) is 2. The molecule has 36 heavy (non-hydrogen) atoms. The molecule has 1 saturated carbocycles. The lowest BCUT2D eigenvalue weighted by atomic mass is 9.99. The molecule has 0 aromatic heterocycles. The van der Waals surface area contributed by atoms with Gasteiger partial charge in [0.05, 0.1) is 6.42 Å². The predicted octanol–water partition coefficient (Wildman–Crippen LogP) is 5.85. The van der Waals surface area contributed by atoms with Crippen molar-refractivity contribution in [3.63, 3.8) is 0 Å². The van der Waals surface area contributed by atoms with Crippen LogP contribution in [0.3, 0.4) is 0 Å². The summed E-state index contributed by atoms with van der Waals surface area (Å²) >= 11 is 0. The van der Waals surface area contributed by atoms with Crippen LogP contribution in [0.2, 0.25) is 0 Å². The first-order chi connectivity index (χ1) is 17.4. The molecule has 0 heterocycles. The monoisotopic (exact) mass is 482 g/mol. The van der Waals surface area contributed by atoms with E-state index in [9.17, 15) is 9.59 Å². The normalized spacial score (nSPS) is 14.4. The molecule has 188 valence electrons. The maximum atomic E-state index is 13.9. The molecule has 1 unspecified atom stereocenters. The molecule has 1 N–H and O–H groups in total. The quantitative estimate of drug-likeness (QED) is 0.416. The summed E-state index contributed by atoms with van der Waals surface area (Å²) in [4.78, 5) is 29.5. The number of amides is 2. The zero-order valence-electron chi connectivity index (χ0n) is 21.8. The minimum absolute atomic E-state index is 0.0241. The standard InChI is InChI=1S/C32H38N2O2/c1-23-17-18-27(19-25(23)3)21-31(35)34(22-28-14-8-7-11-24(28)2)30(20-26-12-5-4-6-13-26)32(36)33-29-15-9-10-16-29/h4-8,11-14,17-19,29-30H,9-10,15-16,20-22H2,1-3H3,(H,33,36). The summed E-state index contributed by atoms with van der Waals surface area (Å²) in [5.74, 6) is -0.0724. The average molecular weight is 483 g/mol. The Hall–Kier alpha value is -3.40. The Kier molecular flexibility index (Phi) is 8.58. The molecule has 3 aromatic carbocycles. The highest BCUT2D eigenvalue weighted by Crippen LogP contribution is 2.22. The second kappa shape index (κ2) is 12.0. The molecular weight excluding hydrogens is 444 g/mol. The van der Waals surface area contributed by atoms with Crippen LogP contribution in [0.4, 0.5) is 0 Å². The van der Waals surface area contributed by atoms with Gasteiger partial charge in [0.1, 0.15) is 6.04 Å². The van der Waals surface area contributed by atoms with Crippen molar-refractivity contribution < 1.29 is 9.59 Å². The van der Waals surface area contributed by atoms with E-state index >= 15 is 0 Å². The third-order valence-corrected chi connectivity index (χ3v) is 7.50. The van der Waals surface area contributed by atoms with Crippen LogP contribution in [0.5, 0.6) is 0 Å². The minimum atomic E-state index is -0.577. The minimum Gasteiger partial charge on any atom is -0.352 e. The molecule has 3 aromatic rings. The Morgan fingerprint density at radius 1 is 0.833 bits per heavy atom. The van der Waals surface area contributed by atoms with Crippen LogP contribution < -0.4 is 5.32 Å². The van der Waals surface area contributed by atoms with Crippen molar-refractivity contribution in [2.75, 3.05) is 0 Å². The van der Waals surface area contributed by atoms with Gasteiger partial charge in [-0.2, -0.15) is 0 Å². The lowest BCUT2D eigenvalue weighted by molar-refractivity contribution is -0.141. The average Bonchev–Trinajstić information content (AvgIpc) is 3.38. The lowest BCUT2D eigenvalue weighted by Gasteiger charge is -2.33. The van der Waals surface area contributed by atoms with E-state index in [4.69, 9.17) is 0 Å². The molecule has 4 heteroatoms. The molecule has 0 bridgehead atoms. The van der Waals surface area contributed by atoms with Gasteiger partial charge in [0.25, 0.3) is 0 Å². The fourth-order valence-corrected chi connectivity index (χ4v) is 5.08. The Balaban J connectivity index is 1.67. The summed E-state index contributed by atoms with van der Waals surface area (Å²) in [5.41, 5.74) is 6.60. The topological polar surface area (TPSA) is 49.4 Å². The van der Waals surface area contributed by atoms with E-state index in [1.54, 1.807) is 0 Å². The van der Waals surface area contributed by atoms with Gasteiger partial charge in [-0.1, -0.05) is 85.6 Å². The Morgan fingerprint density at radius 3 is 2.22 bits per heavy atom. The van der Waals surface area contributed by atoms with Crippen molar-refractivity contribution in [1.82, 2.24) is 10.2 Å². The predicted molar refractivity (Wildman–Crippen MR) is 146 cm³/mol. The highest BCUT2D eigenvalue weighted by molar-refractivity contribution is 5.89. The number of carbonyl (C=O) groups is 2. The molecule has 0 spiro atoms. The molecule has 0 saturated heterocycles. The van der Waals surface area contributed by atoms with Gasteiger partial charge in [-0.15, -0.1) is 0 Å².